The average Bonchev–Trinajstić information content (AvgIpc) is 3.21. The lowest BCUT2D eigenvalue weighted by Gasteiger charge is -2.06. The summed E-state index contributed by atoms with van der Waals surface area (Å²) >= 11 is 1.25. The molecule has 0 spiro atoms. The highest BCUT2D eigenvalue weighted by molar-refractivity contribution is 7.99. The van der Waals surface area contributed by atoms with Crippen molar-refractivity contribution < 1.29 is 13.9 Å². The van der Waals surface area contributed by atoms with Crippen LogP contribution in [-0.2, 0) is 16.1 Å². The Bertz CT molecular complexity index is 1110. The summed E-state index contributed by atoms with van der Waals surface area (Å²) in [7, 11) is 1.35. The Morgan fingerprint density at radius 1 is 1.12 bits per heavy atom. The summed E-state index contributed by atoms with van der Waals surface area (Å²) in [6.45, 7) is 0.337. The monoisotopic (exact) mass is 370 g/mol. The summed E-state index contributed by atoms with van der Waals surface area (Å²) in [6.07, 6.45) is 0. The molecule has 0 saturated carbocycles. The minimum atomic E-state index is -0.332. The van der Waals surface area contributed by atoms with E-state index in [2.05, 4.69) is 14.9 Å². The number of benzene rings is 2. The molecule has 0 unspecified atom stereocenters. The molecule has 2 heterocycles. The van der Waals surface area contributed by atoms with Crippen LogP contribution in [0.3, 0.4) is 0 Å². The van der Waals surface area contributed by atoms with Gasteiger partial charge in [-0.1, -0.05) is 42.1 Å². The zero-order chi connectivity index (χ0) is 18.1. The van der Waals surface area contributed by atoms with Crippen LogP contribution in [0.5, 0.6) is 0 Å². The number of imidazole rings is 1. The lowest BCUT2D eigenvalue weighted by molar-refractivity contribution is -0.137. The second kappa shape index (κ2) is 6.80. The number of hydrogen-bond acceptors (Lipinski definition) is 5. The smallest absolute Gasteiger partial charge is 0.316 e. The molecule has 0 aliphatic rings. The summed E-state index contributed by atoms with van der Waals surface area (Å²) in [6, 6.07) is 14.4. The van der Waals surface area contributed by atoms with Gasteiger partial charge in [-0.2, -0.15) is 0 Å². The fraction of sp³-hybridized carbons (Fsp3) is 0.167. The van der Waals surface area contributed by atoms with E-state index in [0.29, 0.717) is 23.0 Å². The molecule has 4 aromatic rings. The second-order valence-electron chi connectivity index (χ2n) is 5.65. The van der Waals surface area contributed by atoms with Gasteiger partial charge in [0.1, 0.15) is 5.82 Å². The summed E-state index contributed by atoms with van der Waals surface area (Å²) in [5.41, 5.74) is 2.39. The standard InChI is InChI=1S/C18H15FN4O2S/c1-25-16(24)11-26-18-21-20-17-22(10-12-6-2-3-7-13(12)19)14-8-4-5-9-15(14)23(17)18/h2-9H,10-11H2,1H3. The number of carbonyl (C=O) groups excluding carboxylic acids is 1. The van der Waals surface area contributed by atoms with Gasteiger partial charge in [0.25, 0.3) is 0 Å². The van der Waals surface area contributed by atoms with Gasteiger partial charge in [-0.25, -0.2) is 4.39 Å². The van der Waals surface area contributed by atoms with Gasteiger partial charge in [0.15, 0.2) is 5.16 Å². The van der Waals surface area contributed by atoms with E-state index in [1.165, 1.54) is 24.9 Å². The number of carbonyl (C=O) groups is 1. The maximum atomic E-state index is 14.1. The number of methoxy groups -OCH3 is 1. The van der Waals surface area contributed by atoms with E-state index >= 15 is 0 Å². The third-order valence-electron chi connectivity index (χ3n) is 4.10. The van der Waals surface area contributed by atoms with E-state index in [1.54, 1.807) is 12.1 Å². The van der Waals surface area contributed by atoms with Gasteiger partial charge in [0.05, 0.1) is 30.4 Å². The fourth-order valence-corrected chi connectivity index (χ4v) is 3.64. The molecule has 0 N–H and O–H groups in total. The third kappa shape index (κ3) is 2.82. The highest BCUT2D eigenvalue weighted by atomic mass is 32.2. The molecule has 0 atom stereocenters. The molecule has 0 aliphatic carbocycles. The first kappa shape index (κ1) is 16.6. The van der Waals surface area contributed by atoms with Crippen molar-refractivity contribution in [2.45, 2.75) is 11.7 Å². The lowest BCUT2D eigenvalue weighted by atomic mass is 10.2. The maximum absolute atomic E-state index is 14.1. The summed E-state index contributed by atoms with van der Waals surface area (Å²) in [5, 5.41) is 9.05. The highest BCUT2D eigenvalue weighted by Gasteiger charge is 2.18. The van der Waals surface area contributed by atoms with Gasteiger partial charge in [0.2, 0.25) is 5.78 Å². The molecule has 132 valence electrons. The van der Waals surface area contributed by atoms with E-state index in [-0.39, 0.29) is 17.5 Å². The third-order valence-corrected chi connectivity index (χ3v) is 5.01. The summed E-state index contributed by atoms with van der Waals surface area (Å²) in [5.74, 6) is 0.149. The van der Waals surface area contributed by atoms with Crippen LogP contribution in [0, 0.1) is 5.82 Å². The SMILES string of the molecule is COC(=O)CSc1nnc2n(Cc3ccccc3F)c3ccccc3n12. The Balaban J connectivity index is 1.83. The van der Waals surface area contributed by atoms with Crippen LogP contribution in [0.2, 0.25) is 0 Å². The van der Waals surface area contributed by atoms with Crippen LogP contribution in [0.1, 0.15) is 5.56 Å². The molecule has 0 amide bonds. The van der Waals surface area contributed by atoms with Crippen LogP contribution >= 0.6 is 11.8 Å². The molecular weight excluding hydrogens is 355 g/mol. The molecule has 4 rings (SSSR count). The quantitative estimate of drug-likeness (QED) is 0.399. The molecule has 2 aromatic carbocycles. The van der Waals surface area contributed by atoms with Crippen molar-refractivity contribution in [2.75, 3.05) is 12.9 Å². The summed E-state index contributed by atoms with van der Waals surface area (Å²) < 4.78 is 22.6. The van der Waals surface area contributed by atoms with E-state index in [9.17, 15) is 9.18 Å². The van der Waals surface area contributed by atoms with E-state index in [0.717, 1.165) is 11.0 Å². The predicted octanol–water partition coefficient (Wildman–Crippen LogP) is 3.14. The lowest BCUT2D eigenvalue weighted by Crippen LogP contribution is -2.03. The molecule has 0 radical (unpaired) electrons. The Morgan fingerprint density at radius 2 is 1.85 bits per heavy atom. The number of halogens is 1. The van der Waals surface area contributed by atoms with Crippen molar-refractivity contribution in [3.63, 3.8) is 0 Å². The molecule has 6 nitrogen and oxygen atoms in total. The number of nitrogens with zero attached hydrogens (tertiary/aromatic N) is 4. The van der Waals surface area contributed by atoms with Crippen LogP contribution < -0.4 is 0 Å². The number of aromatic nitrogens is 4. The van der Waals surface area contributed by atoms with Gasteiger partial charge in [-0.05, 0) is 18.2 Å². The fourth-order valence-electron chi connectivity index (χ4n) is 2.87. The Labute approximate surface area is 152 Å². The molecule has 2 aromatic heterocycles. The minimum absolute atomic E-state index is 0.143. The summed E-state index contributed by atoms with van der Waals surface area (Å²) in [4.78, 5) is 11.4. The minimum Gasteiger partial charge on any atom is -0.468 e. The number of rotatable bonds is 5. The Kier molecular flexibility index (Phi) is 4.34. The van der Waals surface area contributed by atoms with E-state index in [1.807, 2.05) is 39.3 Å². The maximum Gasteiger partial charge on any atom is 0.316 e. The van der Waals surface area contributed by atoms with E-state index in [4.69, 9.17) is 0 Å². The largest absolute Gasteiger partial charge is 0.468 e. The molecule has 0 aliphatic heterocycles. The first-order valence-corrected chi connectivity index (χ1v) is 8.93. The van der Waals surface area contributed by atoms with Crippen LogP contribution in [0.25, 0.3) is 16.8 Å². The number of ether oxygens (including phenoxy) is 1. The number of fused-ring (bicyclic) bond motifs is 3. The molecule has 0 bridgehead atoms. The van der Waals surface area contributed by atoms with Crippen LogP contribution in [0.15, 0.2) is 53.7 Å². The van der Waals surface area contributed by atoms with E-state index < -0.39 is 0 Å². The van der Waals surface area contributed by atoms with Crippen molar-refractivity contribution in [3.05, 3.63) is 59.9 Å². The first-order chi connectivity index (χ1) is 12.7. The Hall–Kier alpha value is -2.87. The molecule has 8 heteroatoms. The first-order valence-electron chi connectivity index (χ1n) is 7.94. The molecule has 26 heavy (non-hydrogen) atoms. The number of para-hydroxylation sites is 2. The van der Waals surface area contributed by atoms with Gasteiger partial charge < -0.3 is 9.30 Å². The number of thioether (sulfide) groups is 1. The van der Waals surface area contributed by atoms with Crippen LogP contribution in [-0.4, -0.2) is 38.0 Å². The molecule has 0 fully saturated rings. The number of hydrogen-bond donors (Lipinski definition) is 0. The predicted molar refractivity (Wildman–Crippen MR) is 96.7 cm³/mol. The van der Waals surface area contributed by atoms with Crippen LogP contribution in [0.4, 0.5) is 4.39 Å². The van der Waals surface area contributed by atoms with Gasteiger partial charge in [0, 0.05) is 5.56 Å². The average molecular weight is 370 g/mol. The molecular formula is C18H15FN4O2S. The van der Waals surface area contributed by atoms with Gasteiger partial charge >= 0.3 is 5.97 Å². The van der Waals surface area contributed by atoms with Crippen molar-refractivity contribution in [3.8, 4) is 0 Å². The van der Waals surface area contributed by atoms with Crippen molar-refractivity contribution >= 4 is 34.5 Å². The molecule has 0 saturated heterocycles. The van der Waals surface area contributed by atoms with Crippen molar-refractivity contribution in [1.82, 2.24) is 19.2 Å². The highest BCUT2D eigenvalue weighted by Crippen LogP contribution is 2.27. The van der Waals surface area contributed by atoms with Crippen molar-refractivity contribution in [2.24, 2.45) is 0 Å². The van der Waals surface area contributed by atoms with Gasteiger partial charge in [-0.3, -0.25) is 9.20 Å². The Morgan fingerprint density at radius 3 is 2.62 bits per heavy atom. The van der Waals surface area contributed by atoms with Crippen molar-refractivity contribution in [1.29, 1.82) is 0 Å². The number of esters is 1. The normalized spacial score (nSPS) is 11.3. The van der Waals surface area contributed by atoms with Gasteiger partial charge in [-0.15, -0.1) is 10.2 Å². The zero-order valence-electron chi connectivity index (χ0n) is 13.9. The topological polar surface area (TPSA) is 61.4 Å². The second-order valence-corrected chi connectivity index (χ2v) is 6.59. The zero-order valence-corrected chi connectivity index (χ0v) is 14.7.